The number of hydrogen-bond donors (Lipinski definition) is 1. The molecule has 3 heterocycles. The molecule has 5 nitrogen and oxygen atoms in total. The monoisotopic (exact) mass is 366 g/mol. The summed E-state index contributed by atoms with van der Waals surface area (Å²) < 4.78 is 0. The van der Waals surface area contributed by atoms with Crippen molar-refractivity contribution < 1.29 is 4.79 Å². The molecule has 3 aromatic rings. The average Bonchev–Trinajstić information content (AvgIpc) is 3.21. The highest BCUT2D eigenvalue weighted by atomic mass is 32.1. The minimum absolute atomic E-state index is 0.0997. The van der Waals surface area contributed by atoms with Crippen LogP contribution in [0.2, 0.25) is 0 Å². The SMILES string of the molecule is O=C(NCCc1cccs1)C1CCN(c2ncnc3ccccc23)CC1. The van der Waals surface area contributed by atoms with Crippen LogP contribution >= 0.6 is 11.3 Å². The van der Waals surface area contributed by atoms with E-state index in [0.29, 0.717) is 0 Å². The van der Waals surface area contributed by atoms with Gasteiger partial charge in [-0.05, 0) is 42.8 Å². The van der Waals surface area contributed by atoms with Gasteiger partial charge < -0.3 is 10.2 Å². The molecular formula is C20H22N4OS. The van der Waals surface area contributed by atoms with Gasteiger partial charge in [-0.3, -0.25) is 4.79 Å². The van der Waals surface area contributed by atoms with Crippen molar-refractivity contribution in [2.45, 2.75) is 19.3 Å². The third kappa shape index (κ3) is 3.70. The first-order chi connectivity index (χ1) is 12.8. The van der Waals surface area contributed by atoms with Crippen molar-refractivity contribution in [1.82, 2.24) is 15.3 Å². The molecule has 0 unspecified atom stereocenters. The molecule has 0 atom stereocenters. The van der Waals surface area contributed by atoms with Crippen molar-refractivity contribution in [2.75, 3.05) is 24.5 Å². The Kier molecular flexibility index (Phi) is 5.11. The summed E-state index contributed by atoms with van der Waals surface area (Å²) in [6, 6.07) is 12.2. The highest BCUT2D eigenvalue weighted by Gasteiger charge is 2.26. The number of fused-ring (bicyclic) bond motifs is 1. The number of nitrogens with zero attached hydrogens (tertiary/aromatic N) is 3. The van der Waals surface area contributed by atoms with Gasteiger partial charge in [0.2, 0.25) is 5.91 Å². The lowest BCUT2D eigenvalue weighted by Crippen LogP contribution is -2.41. The van der Waals surface area contributed by atoms with Crippen LogP contribution in [0.15, 0.2) is 48.1 Å². The molecule has 4 rings (SSSR count). The molecule has 1 aromatic carbocycles. The van der Waals surface area contributed by atoms with E-state index in [1.807, 2.05) is 24.3 Å². The summed E-state index contributed by atoms with van der Waals surface area (Å²) in [6.45, 7) is 2.42. The number of aromatic nitrogens is 2. The standard InChI is InChI=1S/C20H22N4OS/c25-20(21-10-7-16-4-3-13-26-16)15-8-11-24(12-9-15)19-17-5-1-2-6-18(17)22-14-23-19/h1-6,13-15H,7-12H2,(H,21,25). The van der Waals surface area contributed by atoms with Crippen molar-refractivity contribution in [3.63, 3.8) is 0 Å². The molecule has 2 aromatic heterocycles. The lowest BCUT2D eigenvalue weighted by molar-refractivity contribution is -0.125. The van der Waals surface area contributed by atoms with E-state index in [1.165, 1.54) is 4.88 Å². The smallest absolute Gasteiger partial charge is 0.223 e. The number of carbonyl (C=O) groups is 1. The number of hydrogen-bond acceptors (Lipinski definition) is 5. The van der Waals surface area contributed by atoms with E-state index in [1.54, 1.807) is 17.7 Å². The van der Waals surface area contributed by atoms with Crippen LogP contribution in [0.1, 0.15) is 17.7 Å². The molecule has 1 fully saturated rings. The molecule has 1 aliphatic heterocycles. The predicted octanol–water partition coefficient (Wildman–Crippen LogP) is 3.27. The first-order valence-electron chi connectivity index (χ1n) is 9.06. The van der Waals surface area contributed by atoms with Gasteiger partial charge in [-0.15, -0.1) is 11.3 Å². The van der Waals surface area contributed by atoms with Crippen molar-refractivity contribution in [3.8, 4) is 0 Å². The summed E-state index contributed by atoms with van der Waals surface area (Å²) in [5, 5.41) is 6.25. The second-order valence-electron chi connectivity index (χ2n) is 6.60. The van der Waals surface area contributed by atoms with Crippen LogP contribution in [0, 0.1) is 5.92 Å². The van der Waals surface area contributed by atoms with Gasteiger partial charge in [0.15, 0.2) is 0 Å². The van der Waals surface area contributed by atoms with Crippen LogP contribution in [-0.4, -0.2) is 35.5 Å². The molecule has 1 N–H and O–H groups in total. The predicted molar refractivity (Wildman–Crippen MR) is 106 cm³/mol. The fourth-order valence-corrected chi connectivity index (χ4v) is 4.21. The van der Waals surface area contributed by atoms with Gasteiger partial charge in [-0.2, -0.15) is 0 Å². The summed E-state index contributed by atoms with van der Waals surface area (Å²) in [5.74, 6) is 1.27. The quantitative estimate of drug-likeness (QED) is 0.753. The Morgan fingerprint density at radius 2 is 2.00 bits per heavy atom. The minimum Gasteiger partial charge on any atom is -0.356 e. The third-order valence-corrected chi connectivity index (χ3v) is 5.87. The Bertz CT molecular complexity index is 867. The van der Waals surface area contributed by atoms with Crippen LogP contribution in [0.3, 0.4) is 0 Å². The zero-order chi connectivity index (χ0) is 17.8. The summed E-state index contributed by atoms with van der Waals surface area (Å²) in [7, 11) is 0. The number of benzene rings is 1. The third-order valence-electron chi connectivity index (χ3n) is 4.94. The van der Waals surface area contributed by atoms with Gasteiger partial charge in [-0.1, -0.05) is 18.2 Å². The van der Waals surface area contributed by atoms with E-state index in [9.17, 15) is 4.79 Å². The molecule has 0 radical (unpaired) electrons. The highest BCUT2D eigenvalue weighted by Crippen LogP contribution is 2.27. The Labute approximate surface area is 157 Å². The number of anilines is 1. The molecule has 0 spiro atoms. The van der Waals surface area contributed by atoms with Crippen LogP contribution in [0.25, 0.3) is 10.9 Å². The van der Waals surface area contributed by atoms with Crippen molar-refractivity contribution in [2.24, 2.45) is 5.92 Å². The van der Waals surface area contributed by atoms with Crippen molar-refractivity contribution in [3.05, 3.63) is 53.0 Å². The average molecular weight is 366 g/mol. The summed E-state index contributed by atoms with van der Waals surface area (Å²) >= 11 is 1.74. The molecule has 1 aliphatic rings. The molecule has 1 amide bonds. The van der Waals surface area contributed by atoms with Gasteiger partial charge in [0, 0.05) is 35.8 Å². The Hall–Kier alpha value is -2.47. The molecule has 6 heteroatoms. The van der Waals surface area contributed by atoms with E-state index in [2.05, 4.69) is 37.7 Å². The topological polar surface area (TPSA) is 58.1 Å². The number of nitrogens with one attached hydrogen (secondary N) is 1. The molecule has 0 bridgehead atoms. The Morgan fingerprint density at radius 3 is 2.81 bits per heavy atom. The minimum atomic E-state index is 0.0997. The van der Waals surface area contributed by atoms with E-state index >= 15 is 0 Å². The number of carbonyl (C=O) groups excluding carboxylic acids is 1. The lowest BCUT2D eigenvalue weighted by Gasteiger charge is -2.32. The normalized spacial score (nSPS) is 15.3. The van der Waals surface area contributed by atoms with E-state index in [4.69, 9.17) is 0 Å². The van der Waals surface area contributed by atoms with Crippen LogP contribution < -0.4 is 10.2 Å². The van der Waals surface area contributed by atoms with Crippen molar-refractivity contribution >= 4 is 34.0 Å². The largest absolute Gasteiger partial charge is 0.356 e. The van der Waals surface area contributed by atoms with Gasteiger partial charge >= 0.3 is 0 Å². The zero-order valence-electron chi connectivity index (χ0n) is 14.6. The summed E-state index contributed by atoms with van der Waals surface area (Å²) in [4.78, 5) is 24.9. The molecule has 0 aliphatic carbocycles. The van der Waals surface area contributed by atoms with Gasteiger partial charge in [0.1, 0.15) is 12.1 Å². The van der Waals surface area contributed by atoms with Crippen LogP contribution in [0.4, 0.5) is 5.82 Å². The van der Waals surface area contributed by atoms with E-state index in [0.717, 1.165) is 55.6 Å². The fourth-order valence-electron chi connectivity index (χ4n) is 3.50. The number of para-hydroxylation sites is 1. The van der Waals surface area contributed by atoms with Crippen molar-refractivity contribution in [1.29, 1.82) is 0 Å². The maximum absolute atomic E-state index is 12.4. The summed E-state index contributed by atoms with van der Waals surface area (Å²) in [5.41, 5.74) is 0.964. The number of thiophene rings is 1. The molecule has 0 saturated carbocycles. The maximum Gasteiger partial charge on any atom is 0.223 e. The lowest BCUT2D eigenvalue weighted by atomic mass is 9.95. The number of rotatable bonds is 5. The van der Waals surface area contributed by atoms with E-state index < -0.39 is 0 Å². The second-order valence-corrected chi connectivity index (χ2v) is 7.63. The first-order valence-corrected chi connectivity index (χ1v) is 9.94. The van der Waals surface area contributed by atoms with E-state index in [-0.39, 0.29) is 11.8 Å². The Balaban J connectivity index is 1.32. The molecule has 134 valence electrons. The first kappa shape index (κ1) is 17.0. The fraction of sp³-hybridized carbons (Fsp3) is 0.350. The molecular weight excluding hydrogens is 344 g/mol. The zero-order valence-corrected chi connectivity index (χ0v) is 15.4. The maximum atomic E-state index is 12.4. The summed E-state index contributed by atoms with van der Waals surface area (Å²) in [6.07, 6.45) is 4.27. The van der Waals surface area contributed by atoms with Gasteiger partial charge in [0.05, 0.1) is 5.52 Å². The Morgan fingerprint density at radius 1 is 1.15 bits per heavy atom. The van der Waals surface area contributed by atoms with Gasteiger partial charge in [0.25, 0.3) is 0 Å². The van der Waals surface area contributed by atoms with Gasteiger partial charge in [-0.25, -0.2) is 9.97 Å². The highest BCUT2D eigenvalue weighted by molar-refractivity contribution is 7.09. The van der Waals surface area contributed by atoms with Crippen LogP contribution in [0.5, 0.6) is 0 Å². The second kappa shape index (κ2) is 7.83. The number of piperidine rings is 1. The number of amides is 1. The molecule has 1 saturated heterocycles. The van der Waals surface area contributed by atoms with Crippen LogP contribution in [-0.2, 0) is 11.2 Å². The molecule has 26 heavy (non-hydrogen) atoms.